The van der Waals surface area contributed by atoms with Gasteiger partial charge in [0.2, 0.25) is 0 Å². The Balaban J connectivity index is 1.97. The summed E-state index contributed by atoms with van der Waals surface area (Å²) in [6.45, 7) is 5.41. The maximum absolute atomic E-state index is 6.06. The van der Waals surface area contributed by atoms with Crippen LogP contribution in [0.25, 0.3) is 0 Å². The van der Waals surface area contributed by atoms with Crippen molar-refractivity contribution in [3.05, 3.63) is 27.7 Å². The Labute approximate surface area is 126 Å². The summed E-state index contributed by atoms with van der Waals surface area (Å²) < 4.78 is 0.891. The number of benzene rings is 1. The summed E-state index contributed by atoms with van der Waals surface area (Å²) in [6.07, 6.45) is 1.20. The third kappa shape index (κ3) is 3.65. The van der Waals surface area contributed by atoms with Gasteiger partial charge in [0, 0.05) is 5.25 Å². The van der Waals surface area contributed by atoms with Crippen LogP contribution >= 0.6 is 39.3 Å². The van der Waals surface area contributed by atoms with Gasteiger partial charge in [-0.1, -0.05) is 43.3 Å². The molecule has 1 aromatic carbocycles. The molecule has 0 saturated heterocycles. The second kappa shape index (κ2) is 6.31. The van der Waals surface area contributed by atoms with Gasteiger partial charge in [-0.15, -0.1) is 0 Å². The molecular formula is C13H16BrClN2S. The normalized spacial score (nSPS) is 19.2. The van der Waals surface area contributed by atoms with Crippen molar-refractivity contribution in [3.8, 4) is 0 Å². The molecular weight excluding hydrogens is 332 g/mol. The molecule has 0 saturated carbocycles. The lowest BCUT2D eigenvalue weighted by molar-refractivity contribution is 0.575. The summed E-state index contributed by atoms with van der Waals surface area (Å²) in [7, 11) is 0. The summed E-state index contributed by atoms with van der Waals surface area (Å²) >= 11 is 11.4. The number of aliphatic imine (C=N–C) groups is 1. The minimum Gasteiger partial charge on any atom is -0.334 e. The van der Waals surface area contributed by atoms with Crippen LogP contribution in [0.2, 0.25) is 5.02 Å². The van der Waals surface area contributed by atoms with Gasteiger partial charge in [-0.2, -0.15) is 0 Å². The molecule has 2 rings (SSSR count). The largest absolute Gasteiger partial charge is 0.334 e. The minimum absolute atomic E-state index is 0.602. The Morgan fingerprint density at radius 3 is 3.06 bits per heavy atom. The number of hydrogen-bond acceptors (Lipinski definition) is 3. The predicted molar refractivity (Wildman–Crippen MR) is 85.9 cm³/mol. The molecule has 1 unspecified atom stereocenters. The number of nitrogens with one attached hydrogen (secondary N) is 1. The van der Waals surface area contributed by atoms with E-state index in [1.54, 1.807) is 0 Å². The van der Waals surface area contributed by atoms with Gasteiger partial charge in [0.15, 0.2) is 5.17 Å². The van der Waals surface area contributed by atoms with E-state index in [0.717, 1.165) is 27.8 Å². The van der Waals surface area contributed by atoms with E-state index >= 15 is 0 Å². The summed E-state index contributed by atoms with van der Waals surface area (Å²) in [5, 5.41) is 5.64. The quantitative estimate of drug-likeness (QED) is 0.829. The lowest BCUT2D eigenvalue weighted by Gasteiger charge is -2.12. The van der Waals surface area contributed by atoms with Gasteiger partial charge >= 0.3 is 0 Å². The molecule has 1 aromatic rings. The predicted octanol–water partition coefficient (Wildman–Crippen LogP) is 5.03. The Bertz CT molecular complexity index is 462. The van der Waals surface area contributed by atoms with E-state index in [1.807, 2.05) is 30.0 Å². The van der Waals surface area contributed by atoms with Crippen LogP contribution in [-0.4, -0.2) is 17.0 Å². The highest BCUT2D eigenvalue weighted by atomic mass is 79.9. The van der Waals surface area contributed by atoms with Crippen molar-refractivity contribution in [3.63, 3.8) is 0 Å². The number of nitrogens with zero attached hydrogens (tertiary/aromatic N) is 1. The van der Waals surface area contributed by atoms with Crippen molar-refractivity contribution in [2.24, 2.45) is 10.9 Å². The Morgan fingerprint density at radius 2 is 2.33 bits per heavy atom. The number of rotatable bonds is 3. The van der Waals surface area contributed by atoms with E-state index < -0.39 is 0 Å². The molecule has 0 spiro atoms. The number of thioether (sulfide) groups is 1. The van der Waals surface area contributed by atoms with Crippen LogP contribution in [0.5, 0.6) is 0 Å². The maximum Gasteiger partial charge on any atom is 0.161 e. The zero-order chi connectivity index (χ0) is 13.1. The van der Waals surface area contributed by atoms with Gasteiger partial charge < -0.3 is 5.32 Å². The first-order chi connectivity index (χ1) is 8.56. The first kappa shape index (κ1) is 14.2. The summed E-state index contributed by atoms with van der Waals surface area (Å²) in [6, 6.07) is 5.79. The van der Waals surface area contributed by atoms with Gasteiger partial charge in [0.25, 0.3) is 0 Å². The van der Waals surface area contributed by atoms with Crippen LogP contribution in [0.4, 0.5) is 5.69 Å². The van der Waals surface area contributed by atoms with E-state index in [4.69, 9.17) is 11.6 Å². The Hall–Kier alpha value is -0.190. The summed E-state index contributed by atoms with van der Waals surface area (Å²) in [5.74, 6) is 0.718. The molecule has 0 aromatic heterocycles. The van der Waals surface area contributed by atoms with E-state index in [1.165, 1.54) is 6.42 Å². The second-order valence-electron chi connectivity index (χ2n) is 4.74. The maximum atomic E-state index is 6.06. The molecule has 2 nitrogen and oxygen atoms in total. The molecule has 0 amide bonds. The van der Waals surface area contributed by atoms with Gasteiger partial charge in [0.05, 0.1) is 21.7 Å². The minimum atomic E-state index is 0.602. The Morgan fingerprint density at radius 1 is 1.56 bits per heavy atom. The number of hydrogen-bond donors (Lipinski definition) is 1. The third-order valence-electron chi connectivity index (χ3n) is 2.64. The third-order valence-corrected chi connectivity index (χ3v) is 5.17. The number of halogens is 2. The van der Waals surface area contributed by atoms with Crippen molar-refractivity contribution < 1.29 is 0 Å². The zero-order valence-electron chi connectivity index (χ0n) is 10.4. The van der Waals surface area contributed by atoms with Gasteiger partial charge in [0.1, 0.15) is 0 Å². The SMILES string of the molecule is CC(C)CC1CN=C(Nc2cccc(Cl)c2Br)S1. The molecule has 0 radical (unpaired) electrons. The molecule has 1 atom stereocenters. The lowest BCUT2D eigenvalue weighted by atomic mass is 10.1. The molecule has 5 heteroatoms. The molecule has 1 aliphatic heterocycles. The number of anilines is 1. The average Bonchev–Trinajstić information content (AvgIpc) is 2.71. The van der Waals surface area contributed by atoms with Crippen LogP contribution in [0.15, 0.2) is 27.7 Å². The molecule has 1 aliphatic rings. The fourth-order valence-corrected chi connectivity index (χ4v) is 3.65. The first-order valence-corrected chi connectivity index (χ1v) is 8.03. The van der Waals surface area contributed by atoms with Crippen LogP contribution in [0.1, 0.15) is 20.3 Å². The van der Waals surface area contributed by atoms with Crippen molar-refractivity contribution >= 4 is 50.1 Å². The molecule has 0 fully saturated rings. The molecule has 0 bridgehead atoms. The highest BCUT2D eigenvalue weighted by Gasteiger charge is 2.21. The van der Waals surface area contributed by atoms with E-state index in [2.05, 4.69) is 40.1 Å². The van der Waals surface area contributed by atoms with E-state index in [9.17, 15) is 0 Å². The summed E-state index contributed by atoms with van der Waals surface area (Å²) in [4.78, 5) is 4.54. The molecule has 18 heavy (non-hydrogen) atoms. The average molecular weight is 348 g/mol. The van der Waals surface area contributed by atoms with Crippen molar-refractivity contribution in [2.75, 3.05) is 11.9 Å². The van der Waals surface area contributed by atoms with Gasteiger partial charge in [-0.05, 0) is 40.4 Å². The molecule has 1 heterocycles. The smallest absolute Gasteiger partial charge is 0.161 e. The second-order valence-corrected chi connectivity index (χ2v) is 7.23. The lowest BCUT2D eigenvalue weighted by Crippen LogP contribution is -2.10. The highest BCUT2D eigenvalue weighted by molar-refractivity contribution is 9.10. The first-order valence-electron chi connectivity index (χ1n) is 5.98. The van der Waals surface area contributed by atoms with Crippen molar-refractivity contribution in [1.29, 1.82) is 0 Å². The highest BCUT2D eigenvalue weighted by Crippen LogP contribution is 2.33. The standard InChI is InChI=1S/C13H16BrClN2S/c1-8(2)6-9-7-16-13(18-9)17-11-5-3-4-10(15)12(11)14/h3-5,8-9H,6-7H2,1-2H3,(H,16,17). The van der Waals surface area contributed by atoms with Gasteiger partial charge in [-0.25, -0.2) is 0 Å². The molecule has 98 valence electrons. The topological polar surface area (TPSA) is 24.4 Å². The van der Waals surface area contributed by atoms with Crippen LogP contribution in [0.3, 0.4) is 0 Å². The van der Waals surface area contributed by atoms with Crippen molar-refractivity contribution in [2.45, 2.75) is 25.5 Å². The van der Waals surface area contributed by atoms with Gasteiger partial charge in [-0.3, -0.25) is 4.99 Å². The van der Waals surface area contributed by atoms with E-state index in [-0.39, 0.29) is 0 Å². The van der Waals surface area contributed by atoms with Crippen LogP contribution in [0, 0.1) is 5.92 Å². The van der Waals surface area contributed by atoms with Crippen molar-refractivity contribution in [1.82, 2.24) is 0 Å². The summed E-state index contributed by atoms with van der Waals surface area (Å²) in [5.41, 5.74) is 0.971. The van der Waals surface area contributed by atoms with Crippen LogP contribution in [-0.2, 0) is 0 Å². The van der Waals surface area contributed by atoms with E-state index in [0.29, 0.717) is 10.3 Å². The monoisotopic (exact) mass is 346 g/mol. The Kier molecular flexibility index (Phi) is 4.98. The van der Waals surface area contributed by atoms with Crippen LogP contribution < -0.4 is 5.32 Å². The molecule has 0 aliphatic carbocycles. The zero-order valence-corrected chi connectivity index (χ0v) is 13.6. The molecule has 1 N–H and O–H groups in total. The fourth-order valence-electron chi connectivity index (χ4n) is 1.85. The fraction of sp³-hybridized carbons (Fsp3) is 0.462. The number of amidine groups is 1.